The first-order chi connectivity index (χ1) is 7.65. The van der Waals surface area contributed by atoms with Crippen LogP contribution in [0.1, 0.15) is 12.5 Å². The molecule has 2 aromatic rings. The summed E-state index contributed by atoms with van der Waals surface area (Å²) >= 11 is 0. The van der Waals surface area contributed by atoms with Crippen LogP contribution in [0.3, 0.4) is 0 Å². The summed E-state index contributed by atoms with van der Waals surface area (Å²) in [5.41, 5.74) is 1.24. The van der Waals surface area contributed by atoms with E-state index in [-0.39, 0.29) is 0 Å². The highest BCUT2D eigenvalue weighted by molar-refractivity contribution is 5.96. The van der Waals surface area contributed by atoms with Gasteiger partial charge in [0.2, 0.25) is 5.75 Å². The van der Waals surface area contributed by atoms with E-state index in [1.807, 2.05) is 0 Å². The van der Waals surface area contributed by atoms with Gasteiger partial charge in [0, 0.05) is 33.3 Å². The van der Waals surface area contributed by atoms with E-state index < -0.39 is 11.6 Å². The van der Waals surface area contributed by atoms with Gasteiger partial charge in [-0.3, -0.25) is 9.93 Å². The molecule has 0 saturated heterocycles. The van der Waals surface area contributed by atoms with Crippen LogP contribution in [-0.2, 0) is 0 Å². The van der Waals surface area contributed by atoms with Crippen LogP contribution in [0.2, 0.25) is 0 Å². The Kier molecular flexibility index (Phi) is 2.56. The maximum absolute atomic E-state index is 13.3. The quantitative estimate of drug-likeness (QED) is 0.771. The fraction of sp³-hybridized carbons (Fsp3) is 0.0833. The minimum absolute atomic E-state index is 0.352. The van der Waals surface area contributed by atoms with Crippen LogP contribution >= 0.6 is 0 Å². The summed E-state index contributed by atoms with van der Waals surface area (Å²) in [4.78, 5) is 7.58. The Morgan fingerprint density at radius 2 is 2.12 bits per heavy atom. The summed E-state index contributed by atoms with van der Waals surface area (Å²) in [6.07, 6.45) is 3.02. The minimum Gasteiger partial charge on any atom is -0.291 e. The third-order valence-electron chi connectivity index (χ3n) is 2.37. The zero-order valence-electron chi connectivity index (χ0n) is 8.63. The molecule has 1 aromatic carbocycles. The zero-order chi connectivity index (χ0) is 11.7. The number of benzene rings is 1. The van der Waals surface area contributed by atoms with E-state index in [2.05, 4.69) is 16.5 Å². The maximum Gasteiger partial charge on any atom is 0.215 e. The molecule has 0 aliphatic heterocycles. The highest BCUT2D eigenvalue weighted by atomic mass is 19.3. The molecule has 0 radical (unpaired) electrons. The van der Waals surface area contributed by atoms with Crippen molar-refractivity contribution in [3.8, 4) is 5.75 Å². The smallest absolute Gasteiger partial charge is 0.215 e. The van der Waals surface area contributed by atoms with Crippen LogP contribution < -0.4 is 4.94 Å². The molecular weight excluding hydrogens is 212 g/mol. The number of hydrogen-bond acceptors (Lipinski definition) is 2. The molecule has 0 aliphatic rings. The maximum atomic E-state index is 13.3. The second kappa shape index (κ2) is 3.89. The summed E-state index contributed by atoms with van der Waals surface area (Å²) in [7, 11) is 0. The lowest BCUT2D eigenvalue weighted by Crippen LogP contribution is -1.91. The lowest BCUT2D eigenvalue weighted by Gasteiger charge is -2.08. The van der Waals surface area contributed by atoms with Gasteiger partial charge >= 0.3 is 0 Å². The third kappa shape index (κ3) is 1.52. The highest BCUT2D eigenvalue weighted by Crippen LogP contribution is 2.33. The molecular formula is C12H9F2NO. The second-order valence-electron chi connectivity index (χ2n) is 3.52. The normalized spacial score (nSPS) is 10.4. The molecule has 0 aliphatic carbocycles. The predicted molar refractivity (Wildman–Crippen MR) is 58.1 cm³/mol. The Morgan fingerprint density at radius 1 is 1.38 bits per heavy atom. The van der Waals surface area contributed by atoms with E-state index in [4.69, 9.17) is 0 Å². The number of fused-ring (bicyclic) bond motifs is 1. The number of halogens is 2. The second-order valence-corrected chi connectivity index (χ2v) is 3.52. The fourth-order valence-corrected chi connectivity index (χ4v) is 1.61. The van der Waals surface area contributed by atoms with Gasteiger partial charge in [-0.25, -0.2) is 4.39 Å². The molecule has 16 heavy (non-hydrogen) atoms. The summed E-state index contributed by atoms with van der Waals surface area (Å²) in [5, 5.41) is 0.958. The number of hydrogen-bond donors (Lipinski definition) is 0. The van der Waals surface area contributed by atoms with E-state index in [1.54, 1.807) is 6.92 Å². The Balaban J connectivity index is 2.92. The van der Waals surface area contributed by atoms with Crippen molar-refractivity contribution in [3.05, 3.63) is 42.5 Å². The van der Waals surface area contributed by atoms with Gasteiger partial charge in [0.1, 0.15) is 0 Å². The van der Waals surface area contributed by atoms with Crippen molar-refractivity contribution in [2.45, 2.75) is 6.92 Å². The van der Waals surface area contributed by atoms with E-state index in [0.717, 1.165) is 6.07 Å². The zero-order valence-corrected chi connectivity index (χ0v) is 8.63. The molecule has 1 aromatic heterocycles. The van der Waals surface area contributed by atoms with Gasteiger partial charge in [-0.05, 0) is 24.6 Å². The molecule has 0 atom stereocenters. The largest absolute Gasteiger partial charge is 0.291 e. The number of pyridine rings is 1. The van der Waals surface area contributed by atoms with Gasteiger partial charge in [0.25, 0.3) is 0 Å². The average molecular weight is 221 g/mol. The molecule has 2 rings (SSSR count). The first-order valence-electron chi connectivity index (χ1n) is 4.66. The standard InChI is InChI=1S/C12H9F2NO/c1-7(2)9-6-15-5-8-3-4-10(13)12(16-14)11(8)9/h3-6H,1H2,2H3. The molecule has 0 bridgehead atoms. The first kappa shape index (κ1) is 10.5. The SMILES string of the molecule is C=C(C)c1cncc2ccc(F)c(OF)c12. The number of nitrogens with zero attached hydrogens (tertiary/aromatic N) is 1. The van der Waals surface area contributed by atoms with Crippen LogP contribution in [0.15, 0.2) is 31.1 Å². The lowest BCUT2D eigenvalue weighted by molar-refractivity contribution is -0.00858. The summed E-state index contributed by atoms with van der Waals surface area (Å²) in [6.45, 7) is 5.48. The lowest BCUT2D eigenvalue weighted by atomic mass is 10.0. The molecule has 0 saturated carbocycles. The molecule has 0 N–H and O–H groups in total. The molecule has 1 heterocycles. The van der Waals surface area contributed by atoms with Crippen molar-refractivity contribution in [2.75, 3.05) is 0 Å². The van der Waals surface area contributed by atoms with Crippen molar-refractivity contribution in [1.82, 2.24) is 4.98 Å². The van der Waals surface area contributed by atoms with E-state index >= 15 is 0 Å². The molecule has 82 valence electrons. The van der Waals surface area contributed by atoms with E-state index in [0.29, 0.717) is 21.9 Å². The fourth-order valence-electron chi connectivity index (χ4n) is 1.61. The van der Waals surface area contributed by atoms with E-state index in [9.17, 15) is 8.92 Å². The van der Waals surface area contributed by atoms with Crippen molar-refractivity contribution >= 4 is 16.3 Å². The minimum atomic E-state index is -0.747. The van der Waals surface area contributed by atoms with Crippen LogP contribution in [0, 0.1) is 5.82 Å². The molecule has 0 unspecified atom stereocenters. The Labute approximate surface area is 91.1 Å². The Hall–Kier alpha value is -1.97. The summed E-state index contributed by atoms with van der Waals surface area (Å²) in [6, 6.07) is 2.66. The topological polar surface area (TPSA) is 22.1 Å². The Morgan fingerprint density at radius 3 is 2.75 bits per heavy atom. The molecule has 4 heteroatoms. The van der Waals surface area contributed by atoms with Crippen molar-refractivity contribution in [2.24, 2.45) is 0 Å². The van der Waals surface area contributed by atoms with Crippen LogP contribution in [0.25, 0.3) is 16.3 Å². The van der Waals surface area contributed by atoms with Crippen LogP contribution in [0.5, 0.6) is 5.75 Å². The number of rotatable bonds is 2. The van der Waals surface area contributed by atoms with Crippen LogP contribution in [0.4, 0.5) is 8.92 Å². The highest BCUT2D eigenvalue weighted by Gasteiger charge is 2.14. The predicted octanol–water partition coefficient (Wildman–Crippen LogP) is 3.67. The molecule has 0 spiro atoms. The monoisotopic (exact) mass is 221 g/mol. The van der Waals surface area contributed by atoms with Crippen molar-refractivity contribution in [3.63, 3.8) is 0 Å². The summed E-state index contributed by atoms with van der Waals surface area (Å²) in [5.74, 6) is -1.17. The molecule has 0 amide bonds. The Bertz CT molecular complexity index is 566. The van der Waals surface area contributed by atoms with Crippen molar-refractivity contribution in [1.29, 1.82) is 0 Å². The van der Waals surface area contributed by atoms with Crippen molar-refractivity contribution < 1.29 is 13.9 Å². The average Bonchev–Trinajstić information content (AvgIpc) is 2.28. The van der Waals surface area contributed by atoms with Gasteiger partial charge < -0.3 is 0 Å². The van der Waals surface area contributed by atoms with Gasteiger partial charge in [-0.2, -0.15) is 0 Å². The third-order valence-corrected chi connectivity index (χ3v) is 2.37. The number of aromatic nitrogens is 1. The first-order valence-corrected chi connectivity index (χ1v) is 4.66. The van der Waals surface area contributed by atoms with Gasteiger partial charge in [-0.1, -0.05) is 6.58 Å². The van der Waals surface area contributed by atoms with Gasteiger partial charge in [0.15, 0.2) is 5.82 Å². The number of allylic oxidation sites excluding steroid dienone is 1. The van der Waals surface area contributed by atoms with Crippen LogP contribution in [-0.4, -0.2) is 4.98 Å². The van der Waals surface area contributed by atoms with Gasteiger partial charge in [0.05, 0.1) is 0 Å². The molecule has 0 fully saturated rings. The molecule has 2 nitrogen and oxygen atoms in total. The van der Waals surface area contributed by atoms with Gasteiger partial charge in [-0.15, -0.1) is 0 Å². The summed E-state index contributed by atoms with van der Waals surface area (Å²) < 4.78 is 25.7. The van der Waals surface area contributed by atoms with E-state index in [1.165, 1.54) is 18.5 Å².